The lowest BCUT2D eigenvalue weighted by Gasteiger charge is -2.06. The van der Waals surface area contributed by atoms with E-state index in [1.165, 1.54) is 0 Å². The van der Waals surface area contributed by atoms with Gasteiger partial charge in [0, 0.05) is 29.8 Å². The molecule has 0 bridgehead atoms. The second-order valence-electron chi connectivity index (χ2n) is 6.17. The van der Waals surface area contributed by atoms with Crippen molar-refractivity contribution in [3.63, 3.8) is 0 Å². The summed E-state index contributed by atoms with van der Waals surface area (Å²) in [6, 6.07) is 12.9. The predicted molar refractivity (Wildman–Crippen MR) is 106 cm³/mol. The van der Waals surface area contributed by atoms with Gasteiger partial charge in [-0.25, -0.2) is 9.97 Å². The van der Waals surface area contributed by atoms with Crippen molar-refractivity contribution in [3.8, 4) is 17.1 Å². The van der Waals surface area contributed by atoms with Gasteiger partial charge < -0.3 is 20.8 Å². The van der Waals surface area contributed by atoms with Crippen LogP contribution in [0.1, 0.15) is 16.1 Å². The monoisotopic (exact) mass is 374 g/mol. The number of rotatable bonds is 5. The van der Waals surface area contributed by atoms with Crippen molar-refractivity contribution in [2.45, 2.75) is 6.54 Å². The van der Waals surface area contributed by atoms with E-state index in [4.69, 9.17) is 10.5 Å². The Morgan fingerprint density at radius 3 is 2.89 bits per heavy atom. The third kappa shape index (κ3) is 3.61. The standard InChI is InChI=1S/C20H18N6O2/c1-28-14-4-2-3-12(7-14)10-24-19(27)18-8-13-11-23-17(9-16(13)25-18)15-5-6-22-20(21)26-15/h2-9,11,25H,10H2,1H3,(H,24,27)(H2,21,22,26). The number of nitrogens with one attached hydrogen (secondary N) is 2. The average Bonchev–Trinajstić information content (AvgIpc) is 3.15. The first-order valence-corrected chi connectivity index (χ1v) is 8.61. The molecule has 8 heteroatoms. The molecule has 28 heavy (non-hydrogen) atoms. The maximum atomic E-state index is 12.5. The lowest BCUT2D eigenvalue weighted by atomic mass is 10.2. The zero-order valence-corrected chi connectivity index (χ0v) is 15.1. The first-order chi connectivity index (χ1) is 13.6. The highest BCUT2D eigenvalue weighted by atomic mass is 16.5. The number of hydrogen-bond donors (Lipinski definition) is 3. The summed E-state index contributed by atoms with van der Waals surface area (Å²) in [5.41, 5.74) is 9.09. The number of carbonyl (C=O) groups is 1. The van der Waals surface area contributed by atoms with E-state index in [-0.39, 0.29) is 11.9 Å². The van der Waals surface area contributed by atoms with Crippen LogP contribution in [0.25, 0.3) is 22.3 Å². The zero-order chi connectivity index (χ0) is 19.5. The molecule has 0 unspecified atom stereocenters. The molecule has 1 amide bonds. The summed E-state index contributed by atoms with van der Waals surface area (Å²) < 4.78 is 5.20. The van der Waals surface area contributed by atoms with Crippen LogP contribution >= 0.6 is 0 Å². The van der Waals surface area contributed by atoms with Gasteiger partial charge in [0.25, 0.3) is 5.91 Å². The second kappa shape index (κ2) is 7.36. The number of aromatic nitrogens is 4. The van der Waals surface area contributed by atoms with Gasteiger partial charge in [0.1, 0.15) is 11.4 Å². The zero-order valence-electron chi connectivity index (χ0n) is 15.1. The van der Waals surface area contributed by atoms with Crippen molar-refractivity contribution >= 4 is 22.8 Å². The number of ether oxygens (including phenoxy) is 1. The Morgan fingerprint density at radius 1 is 1.18 bits per heavy atom. The first kappa shape index (κ1) is 17.5. The predicted octanol–water partition coefficient (Wildman–Crippen LogP) is 2.54. The topological polar surface area (TPSA) is 119 Å². The minimum Gasteiger partial charge on any atom is -0.497 e. The third-order valence-electron chi connectivity index (χ3n) is 4.27. The second-order valence-corrected chi connectivity index (χ2v) is 6.17. The smallest absolute Gasteiger partial charge is 0.267 e. The Labute approximate surface area is 160 Å². The maximum Gasteiger partial charge on any atom is 0.267 e. The van der Waals surface area contributed by atoms with Gasteiger partial charge in [0.2, 0.25) is 5.95 Å². The average molecular weight is 374 g/mol. The van der Waals surface area contributed by atoms with Crippen LogP contribution < -0.4 is 15.8 Å². The molecule has 3 aromatic heterocycles. The highest BCUT2D eigenvalue weighted by molar-refractivity contribution is 5.98. The van der Waals surface area contributed by atoms with Gasteiger partial charge in [-0.2, -0.15) is 0 Å². The molecule has 4 rings (SSSR count). The SMILES string of the molecule is COc1cccc(CNC(=O)c2cc3cnc(-c4ccnc(N)n4)cc3[nH]2)c1. The number of pyridine rings is 1. The van der Waals surface area contributed by atoms with Gasteiger partial charge >= 0.3 is 0 Å². The summed E-state index contributed by atoms with van der Waals surface area (Å²) in [5.74, 6) is 0.733. The van der Waals surface area contributed by atoms with Gasteiger partial charge in [-0.05, 0) is 35.9 Å². The number of methoxy groups -OCH3 is 1. The van der Waals surface area contributed by atoms with Gasteiger partial charge in [-0.15, -0.1) is 0 Å². The minimum atomic E-state index is -0.202. The summed E-state index contributed by atoms with van der Waals surface area (Å²) in [4.78, 5) is 28.1. The quantitative estimate of drug-likeness (QED) is 0.494. The van der Waals surface area contributed by atoms with E-state index in [1.54, 1.807) is 31.6 Å². The van der Waals surface area contributed by atoms with E-state index in [0.717, 1.165) is 22.2 Å². The molecule has 8 nitrogen and oxygen atoms in total. The fourth-order valence-corrected chi connectivity index (χ4v) is 2.86. The third-order valence-corrected chi connectivity index (χ3v) is 4.27. The maximum absolute atomic E-state index is 12.5. The van der Waals surface area contributed by atoms with E-state index < -0.39 is 0 Å². The number of benzene rings is 1. The van der Waals surface area contributed by atoms with Crippen LogP contribution in [-0.4, -0.2) is 33.0 Å². The van der Waals surface area contributed by atoms with Crippen molar-refractivity contribution in [2.24, 2.45) is 0 Å². The minimum absolute atomic E-state index is 0.184. The molecule has 3 heterocycles. The number of carbonyl (C=O) groups excluding carboxylic acids is 1. The molecule has 0 aliphatic rings. The number of H-pyrrole nitrogens is 1. The fraction of sp³-hybridized carbons (Fsp3) is 0.100. The summed E-state index contributed by atoms with van der Waals surface area (Å²) >= 11 is 0. The number of nitrogens with zero attached hydrogens (tertiary/aromatic N) is 3. The number of nitrogens with two attached hydrogens (primary N) is 1. The van der Waals surface area contributed by atoms with Crippen molar-refractivity contribution in [3.05, 3.63) is 66.1 Å². The molecule has 0 radical (unpaired) electrons. The van der Waals surface area contributed by atoms with Crippen molar-refractivity contribution in [1.82, 2.24) is 25.3 Å². The molecule has 4 aromatic rings. The molecule has 1 aromatic carbocycles. The lowest BCUT2D eigenvalue weighted by Crippen LogP contribution is -2.23. The Morgan fingerprint density at radius 2 is 2.07 bits per heavy atom. The first-order valence-electron chi connectivity index (χ1n) is 8.61. The van der Waals surface area contributed by atoms with Gasteiger partial charge in [-0.3, -0.25) is 9.78 Å². The van der Waals surface area contributed by atoms with Crippen LogP contribution in [0.4, 0.5) is 5.95 Å². The molecule has 0 fully saturated rings. The lowest BCUT2D eigenvalue weighted by molar-refractivity contribution is 0.0946. The molecule has 4 N–H and O–H groups in total. The Balaban J connectivity index is 1.53. The van der Waals surface area contributed by atoms with Crippen LogP contribution in [0.5, 0.6) is 5.75 Å². The molecule has 0 atom stereocenters. The summed E-state index contributed by atoms with van der Waals surface area (Å²) in [5, 5.41) is 3.73. The Bertz CT molecular complexity index is 1150. The van der Waals surface area contributed by atoms with Crippen molar-refractivity contribution in [1.29, 1.82) is 0 Å². The molecular formula is C20H18N6O2. The Kier molecular flexibility index (Phi) is 4.59. The molecule has 0 saturated heterocycles. The van der Waals surface area contributed by atoms with Crippen LogP contribution in [-0.2, 0) is 6.54 Å². The molecule has 140 valence electrons. The molecule has 0 spiro atoms. The van der Waals surface area contributed by atoms with Crippen molar-refractivity contribution < 1.29 is 9.53 Å². The van der Waals surface area contributed by atoms with Crippen LogP contribution in [0.3, 0.4) is 0 Å². The largest absolute Gasteiger partial charge is 0.497 e. The number of aromatic amines is 1. The number of hydrogen-bond acceptors (Lipinski definition) is 6. The molecule has 0 aliphatic carbocycles. The normalized spacial score (nSPS) is 10.8. The summed E-state index contributed by atoms with van der Waals surface area (Å²) in [6.07, 6.45) is 3.27. The number of nitrogen functional groups attached to an aromatic ring is 1. The fourth-order valence-electron chi connectivity index (χ4n) is 2.86. The van der Waals surface area contributed by atoms with Gasteiger partial charge in [0.15, 0.2) is 0 Å². The molecular weight excluding hydrogens is 356 g/mol. The Hall–Kier alpha value is -3.94. The molecule has 0 saturated carbocycles. The number of fused-ring (bicyclic) bond motifs is 1. The van der Waals surface area contributed by atoms with E-state index in [2.05, 4.69) is 25.3 Å². The van der Waals surface area contributed by atoms with E-state index in [9.17, 15) is 4.79 Å². The summed E-state index contributed by atoms with van der Waals surface area (Å²) in [7, 11) is 1.61. The highest BCUT2D eigenvalue weighted by Gasteiger charge is 2.11. The number of amides is 1. The van der Waals surface area contributed by atoms with E-state index in [0.29, 0.717) is 23.6 Å². The molecule has 0 aliphatic heterocycles. The number of anilines is 1. The van der Waals surface area contributed by atoms with E-state index in [1.807, 2.05) is 30.3 Å². The van der Waals surface area contributed by atoms with Crippen molar-refractivity contribution in [2.75, 3.05) is 12.8 Å². The van der Waals surface area contributed by atoms with Crippen LogP contribution in [0, 0.1) is 0 Å². The van der Waals surface area contributed by atoms with Crippen LogP contribution in [0.15, 0.2) is 54.9 Å². The summed E-state index contributed by atoms with van der Waals surface area (Å²) in [6.45, 7) is 0.398. The van der Waals surface area contributed by atoms with Crippen LogP contribution in [0.2, 0.25) is 0 Å². The van der Waals surface area contributed by atoms with Gasteiger partial charge in [0.05, 0.1) is 18.5 Å². The van der Waals surface area contributed by atoms with E-state index >= 15 is 0 Å². The van der Waals surface area contributed by atoms with Gasteiger partial charge in [-0.1, -0.05) is 12.1 Å². The highest BCUT2D eigenvalue weighted by Crippen LogP contribution is 2.21.